The zero-order valence-corrected chi connectivity index (χ0v) is 18.7. The van der Waals surface area contributed by atoms with E-state index in [1.807, 2.05) is 0 Å². The standard InChI is InChI=1S/C23H20F3N5O4/c1-3-35-21(33)14-6-4-5-13(9-14)20(32)30-18-11-28-19(12-27-18)31-17-8-7-15(34-2)10-16(17)29-22(31)23(24,25)26/h4-6,8-12,15H,3,7H2,1-2H3,(H,27,30,32). The molecule has 0 fully saturated rings. The van der Waals surface area contributed by atoms with Gasteiger partial charge in [-0.3, -0.25) is 9.36 Å². The highest BCUT2D eigenvalue weighted by molar-refractivity contribution is 6.05. The van der Waals surface area contributed by atoms with Crippen LogP contribution in [-0.2, 0) is 15.7 Å². The molecular formula is C23H20F3N5O4. The van der Waals surface area contributed by atoms with Crippen LogP contribution in [0.2, 0.25) is 0 Å². The molecule has 3 aromatic rings. The highest BCUT2D eigenvalue weighted by Gasteiger charge is 2.38. The average Bonchev–Trinajstić information content (AvgIpc) is 3.24. The van der Waals surface area contributed by atoms with E-state index in [0.717, 1.165) is 17.0 Å². The monoisotopic (exact) mass is 487 g/mol. The number of carbonyl (C=O) groups excluding carboxylic acids is 2. The molecule has 1 unspecified atom stereocenters. The van der Waals surface area contributed by atoms with Crippen molar-refractivity contribution in [3.8, 4) is 5.82 Å². The molecule has 0 bridgehead atoms. The summed E-state index contributed by atoms with van der Waals surface area (Å²) in [5.41, 5.74) is 0.372. The largest absolute Gasteiger partial charge is 0.462 e. The van der Waals surface area contributed by atoms with Crippen LogP contribution in [0.4, 0.5) is 19.0 Å². The Morgan fingerprint density at radius 3 is 2.63 bits per heavy atom. The van der Waals surface area contributed by atoms with Gasteiger partial charge in [0, 0.05) is 12.7 Å². The quantitative estimate of drug-likeness (QED) is 0.531. The van der Waals surface area contributed by atoms with Gasteiger partial charge in [0.15, 0.2) is 11.6 Å². The molecule has 0 aliphatic heterocycles. The van der Waals surface area contributed by atoms with Crippen LogP contribution in [-0.4, -0.2) is 51.2 Å². The number of halogens is 3. The number of amides is 1. The molecule has 9 nitrogen and oxygen atoms in total. The van der Waals surface area contributed by atoms with Crippen LogP contribution in [0.15, 0.2) is 36.7 Å². The number of ether oxygens (including phenoxy) is 2. The Kier molecular flexibility index (Phi) is 6.65. The molecule has 35 heavy (non-hydrogen) atoms. The number of esters is 1. The van der Waals surface area contributed by atoms with Crippen LogP contribution in [0.5, 0.6) is 0 Å². The van der Waals surface area contributed by atoms with Gasteiger partial charge in [0.25, 0.3) is 5.91 Å². The number of nitrogens with zero attached hydrogens (tertiary/aromatic N) is 4. The first kappa shape index (κ1) is 24.1. The van der Waals surface area contributed by atoms with E-state index >= 15 is 0 Å². The summed E-state index contributed by atoms with van der Waals surface area (Å²) < 4.78 is 52.1. The second-order valence-corrected chi connectivity index (χ2v) is 7.43. The van der Waals surface area contributed by atoms with Gasteiger partial charge < -0.3 is 14.8 Å². The summed E-state index contributed by atoms with van der Waals surface area (Å²) in [5.74, 6) is -2.40. The van der Waals surface area contributed by atoms with Crippen LogP contribution >= 0.6 is 0 Å². The van der Waals surface area contributed by atoms with Crippen molar-refractivity contribution in [3.63, 3.8) is 0 Å². The molecule has 1 atom stereocenters. The SMILES string of the molecule is CCOC(=O)c1cccc(C(=O)Nc2cnc(-n3c(C(F)(F)F)nc4c3=CCC(OC)C=4)cn2)c1. The van der Waals surface area contributed by atoms with E-state index in [0.29, 0.717) is 6.42 Å². The minimum absolute atomic E-state index is 0.0119. The molecule has 0 radical (unpaired) electrons. The molecular weight excluding hydrogens is 467 g/mol. The first-order valence-electron chi connectivity index (χ1n) is 10.5. The molecule has 1 aliphatic rings. The zero-order valence-electron chi connectivity index (χ0n) is 18.7. The van der Waals surface area contributed by atoms with Gasteiger partial charge in [-0.05, 0) is 37.6 Å². The summed E-state index contributed by atoms with van der Waals surface area (Å²) >= 11 is 0. The Morgan fingerprint density at radius 2 is 1.97 bits per heavy atom. The van der Waals surface area contributed by atoms with Crippen molar-refractivity contribution in [1.82, 2.24) is 19.5 Å². The maximum atomic E-state index is 13.7. The number of rotatable bonds is 6. The lowest BCUT2D eigenvalue weighted by Gasteiger charge is -2.12. The van der Waals surface area contributed by atoms with Crippen molar-refractivity contribution < 1.29 is 32.2 Å². The van der Waals surface area contributed by atoms with Crippen LogP contribution in [0.1, 0.15) is 39.9 Å². The normalized spacial score (nSPS) is 14.9. The zero-order chi connectivity index (χ0) is 25.2. The second kappa shape index (κ2) is 9.66. The molecule has 182 valence electrons. The predicted molar refractivity (Wildman–Crippen MR) is 118 cm³/mol. The number of nitrogens with one attached hydrogen (secondary N) is 1. The van der Waals surface area contributed by atoms with Crippen molar-refractivity contribution in [2.45, 2.75) is 25.6 Å². The van der Waals surface area contributed by atoms with E-state index in [2.05, 4.69) is 20.3 Å². The van der Waals surface area contributed by atoms with Crippen LogP contribution in [0.25, 0.3) is 18.0 Å². The summed E-state index contributed by atoms with van der Waals surface area (Å²) in [6.07, 6.45) is 0.627. The topological polar surface area (TPSA) is 108 Å². The summed E-state index contributed by atoms with van der Waals surface area (Å²) in [6.45, 7) is 1.86. The minimum atomic E-state index is -4.74. The Bertz CT molecular complexity index is 1380. The first-order valence-corrected chi connectivity index (χ1v) is 10.5. The molecule has 1 amide bonds. The van der Waals surface area contributed by atoms with Gasteiger partial charge >= 0.3 is 12.1 Å². The predicted octanol–water partition coefficient (Wildman–Crippen LogP) is 2.09. The number of aromatic nitrogens is 4. The first-order chi connectivity index (χ1) is 16.7. The van der Waals surface area contributed by atoms with Crippen LogP contribution in [0, 0.1) is 0 Å². The van der Waals surface area contributed by atoms with Gasteiger partial charge in [0.2, 0.25) is 5.82 Å². The number of imidazole rings is 1. The van der Waals surface area contributed by atoms with E-state index in [1.54, 1.807) is 13.0 Å². The van der Waals surface area contributed by atoms with Crippen molar-refractivity contribution in [3.05, 3.63) is 64.3 Å². The van der Waals surface area contributed by atoms with E-state index in [-0.39, 0.29) is 46.2 Å². The number of hydrogen-bond acceptors (Lipinski definition) is 7. The Morgan fingerprint density at radius 1 is 1.20 bits per heavy atom. The molecule has 0 spiro atoms. The fraction of sp³-hybridized carbons (Fsp3) is 0.261. The molecule has 2 aromatic heterocycles. The minimum Gasteiger partial charge on any atom is -0.462 e. The Labute approximate surface area is 196 Å². The Balaban J connectivity index is 1.61. The molecule has 1 N–H and O–H groups in total. The van der Waals surface area contributed by atoms with Crippen LogP contribution in [0.3, 0.4) is 0 Å². The number of fused-ring (bicyclic) bond motifs is 1. The summed E-state index contributed by atoms with van der Waals surface area (Å²) in [7, 11) is 1.47. The average molecular weight is 487 g/mol. The Hall–Kier alpha value is -4.06. The molecule has 4 rings (SSSR count). The number of hydrogen-bond donors (Lipinski definition) is 1. The molecule has 12 heteroatoms. The highest BCUT2D eigenvalue weighted by atomic mass is 19.4. The van der Waals surface area contributed by atoms with Gasteiger partial charge in [0.05, 0.1) is 41.4 Å². The lowest BCUT2D eigenvalue weighted by Crippen LogP contribution is -2.35. The third-order valence-corrected chi connectivity index (χ3v) is 5.13. The highest BCUT2D eigenvalue weighted by Crippen LogP contribution is 2.27. The maximum Gasteiger partial charge on any atom is 0.450 e. The number of methoxy groups -OCH3 is 1. The van der Waals surface area contributed by atoms with Crippen molar-refractivity contribution >= 4 is 29.8 Å². The summed E-state index contributed by atoms with van der Waals surface area (Å²) in [5, 5.41) is 2.87. The molecule has 0 saturated heterocycles. The van der Waals surface area contributed by atoms with E-state index < -0.39 is 23.9 Å². The van der Waals surface area contributed by atoms with Gasteiger partial charge in [-0.2, -0.15) is 13.2 Å². The van der Waals surface area contributed by atoms with Gasteiger partial charge in [-0.25, -0.2) is 19.7 Å². The van der Waals surface area contributed by atoms with Crippen molar-refractivity contribution in [2.24, 2.45) is 0 Å². The fourth-order valence-corrected chi connectivity index (χ4v) is 3.52. The van der Waals surface area contributed by atoms with E-state index in [9.17, 15) is 22.8 Å². The van der Waals surface area contributed by atoms with Gasteiger partial charge in [-0.15, -0.1) is 0 Å². The molecule has 0 saturated carbocycles. The third-order valence-electron chi connectivity index (χ3n) is 5.13. The van der Waals surface area contributed by atoms with E-state index in [1.165, 1.54) is 37.5 Å². The molecule has 1 aromatic carbocycles. The summed E-state index contributed by atoms with van der Waals surface area (Å²) in [4.78, 5) is 36.3. The molecule has 1 aliphatic carbocycles. The summed E-state index contributed by atoms with van der Waals surface area (Å²) in [6, 6.07) is 5.89. The lowest BCUT2D eigenvalue weighted by molar-refractivity contribution is -0.146. The van der Waals surface area contributed by atoms with Gasteiger partial charge in [-0.1, -0.05) is 12.1 Å². The van der Waals surface area contributed by atoms with E-state index in [4.69, 9.17) is 9.47 Å². The van der Waals surface area contributed by atoms with Crippen molar-refractivity contribution in [2.75, 3.05) is 19.0 Å². The molecule has 2 heterocycles. The number of carbonyl (C=O) groups is 2. The number of alkyl halides is 3. The second-order valence-electron chi connectivity index (χ2n) is 7.43. The van der Waals surface area contributed by atoms with Gasteiger partial charge in [0.1, 0.15) is 0 Å². The lowest BCUT2D eigenvalue weighted by atomic mass is 10.1. The third kappa shape index (κ3) is 5.06. The fourth-order valence-electron chi connectivity index (χ4n) is 3.52. The smallest absolute Gasteiger partial charge is 0.450 e. The van der Waals surface area contributed by atoms with Crippen LogP contribution < -0.4 is 16.0 Å². The maximum absolute atomic E-state index is 13.7. The van der Waals surface area contributed by atoms with Crippen molar-refractivity contribution in [1.29, 1.82) is 0 Å². The number of anilines is 1. The number of benzene rings is 1.